The van der Waals surface area contributed by atoms with Crippen LogP contribution in [0.1, 0.15) is 24.5 Å². The topological polar surface area (TPSA) is 29.5 Å². The fourth-order valence-electron chi connectivity index (χ4n) is 2.43. The van der Waals surface area contributed by atoms with Crippen molar-refractivity contribution in [3.63, 3.8) is 0 Å². The minimum Gasteiger partial charge on any atom is -0.497 e. The van der Waals surface area contributed by atoms with Gasteiger partial charge in [0.05, 0.1) is 13.5 Å². The molecule has 0 radical (unpaired) electrons. The van der Waals surface area contributed by atoms with Gasteiger partial charge >= 0.3 is 0 Å². The van der Waals surface area contributed by atoms with Crippen molar-refractivity contribution in [2.45, 2.75) is 26.7 Å². The molecule has 0 aliphatic heterocycles. The molecule has 2 aromatic carbocycles. The van der Waals surface area contributed by atoms with E-state index in [2.05, 4.69) is 13.0 Å². The molecule has 2 rings (SSSR count). The van der Waals surface area contributed by atoms with E-state index in [1.807, 2.05) is 54.3 Å². The Balaban J connectivity index is 2.15. The lowest BCUT2D eigenvalue weighted by Crippen LogP contribution is -2.33. The number of benzene rings is 2. The van der Waals surface area contributed by atoms with Gasteiger partial charge in [-0.1, -0.05) is 31.2 Å². The highest BCUT2D eigenvalue weighted by molar-refractivity contribution is 5.94. The van der Waals surface area contributed by atoms with E-state index in [4.69, 9.17) is 4.74 Å². The molecule has 0 atom stereocenters. The van der Waals surface area contributed by atoms with Crippen molar-refractivity contribution >= 4 is 11.6 Å². The third-order valence-corrected chi connectivity index (χ3v) is 3.58. The van der Waals surface area contributed by atoms with E-state index >= 15 is 0 Å². The molecule has 0 spiro atoms. The number of nitrogens with zero attached hydrogens (tertiary/aromatic N) is 1. The summed E-state index contributed by atoms with van der Waals surface area (Å²) in [5.74, 6) is 0.929. The van der Waals surface area contributed by atoms with Gasteiger partial charge in [-0.2, -0.15) is 0 Å². The van der Waals surface area contributed by atoms with Gasteiger partial charge in [-0.3, -0.25) is 4.79 Å². The molecule has 0 aliphatic rings. The molecular formula is C19H23NO2. The normalized spacial score (nSPS) is 10.3. The second-order valence-electron chi connectivity index (χ2n) is 5.41. The zero-order chi connectivity index (χ0) is 15.9. The summed E-state index contributed by atoms with van der Waals surface area (Å²) < 4.78 is 5.15. The van der Waals surface area contributed by atoms with Gasteiger partial charge in [0.2, 0.25) is 5.91 Å². The van der Waals surface area contributed by atoms with Crippen LogP contribution in [-0.4, -0.2) is 19.6 Å². The van der Waals surface area contributed by atoms with Gasteiger partial charge in [-0.15, -0.1) is 0 Å². The zero-order valence-corrected chi connectivity index (χ0v) is 13.5. The Kier molecular flexibility index (Phi) is 5.59. The summed E-state index contributed by atoms with van der Waals surface area (Å²) in [7, 11) is 1.64. The Morgan fingerprint density at radius 1 is 1.14 bits per heavy atom. The van der Waals surface area contributed by atoms with Gasteiger partial charge in [0.15, 0.2) is 0 Å². The molecule has 0 unspecified atom stereocenters. The van der Waals surface area contributed by atoms with Crippen LogP contribution in [0.15, 0.2) is 48.5 Å². The van der Waals surface area contributed by atoms with E-state index < -0.39 is 0 Å². The summed E-state index contributed by atoms with van der Waals surface area (Å²) in [6.45, 7) is 4.86. The molecule has 1 amide bonds. The predicted molar refractivity (Wildman–Crippen MR) is 90.5 cm³/mol. The largest absolute Gasteiger partial charge is 0.497 e. The number of rotatable bonds is 6. The monoisotopic (exact) mass is 297 g/mol. The van der Waals surface area contributed by atoms with Crippen LogP contribution in [0, 0.1) is 6.92 Å². The van der Waals surface area contributed by atoms with Gasteiger partial charge in [-0.25, -0.2) is 0 Å². The number of carbonyl (C=O) groups excluding carboxylic acids is 1. The van der Waals surface area contributed by atoms with Crippen molar-refractivity contribution in [2.24, 2.45) is 0 Å². The average molecular weight is 297 g/mol. The van der Waals surface area contributed by atoms with E-state index in [1.54, 1.807) is 7.11 Å². The van der Waals surface area contributed by atoms with Crippen LogP contribution in [0.3, 0.4) is 0 Å². The third kappa shape index (κ3) is 4.10. The Labute approximate surface area is 132 Å². The summed E-state index contributed by atoms with van der Waals surface area (Å²) in [5, 5.41) is 0. The lowest BCUT2D eigenvalue weighted by Gasteiger charge is -2.23. The molecule has 0 bridgehead atoms. The first-order valence-electron chi connectivity index (χ1n) is 7.64. The smallest absolute Gasteiger partial charge is 0.231 e. The molecule has 3 nitrogen and oxygen atoms in total. The first kappa shape index (κ1) is 16.1. The first-order chi connectivity index (χ1) is 10.6. The maximum Gasteiger partial charge on any atom is 0.231 e. The van der Waals surface area contributed by atoms with E-state index in [0.717, 1.165) is 35.5 Å². The summed E-state index contributed by atoms with van der Waals surface area (Å²) in [5.41, 5.74) is 3.13. The van der Waals surface area contributed by atoms with E-state index in [0.29, 0.717) is 6.42 Å². The van der Waals surface area contributed by atoms with Crippen LogP contribution in [0.5, 0.6) is 5.75 Å². The highest BCUT2D eigenvalue weighted by Crippen LogP contribution is 2.19. The van der Waals surface area contributed by atoms with Gasteiger partial charge in [-0.05, 0) is 48.7 Å². The molecule has 0 N–H and O–H groups in total. The Morgan fingerprint density at radius 3 is 2.45 bits per heavy atom. The molecule has 0 aliphatic carbocycles. The first-order valence-corrected chi connectivity index (χ1v) is 7.64. The van der Waals surface area contributed by atoms with Gasteiger partial charge < -0.3 is 9.64 Å². The standard InChI is InChI=1S/C19H23NO2/c1-4-12-20(17-7-5-6-15(2)13-17)19(21)14-16-8-10-18(22-3)11-9-16/h5-11,13H,4,12,14H2,1-3H3. The third-order valence-electron chi connectivity index (χ3n) is 3.58. The lowest BCUT2D eigenvalue weighted by atomic mass is 10.1. The van der Waals surface area contributed by atoms with E-state index in [-0.39, 0.29) is 5.91 Å². The van der Waals surface area contributed by atoms with E-state index in [9.17, 15) is 4.79 Å². The lowest BCUT2D eigenvalue weighted by molar-refractivity contribution is -0.118. The molecular weight excluding hydrogens is 274 g/mol. The van der Waals surface area contributed by atoms with Crippen molar-refractivity contribution in [2.75, 3.05) is 18.6 Å². The Morgan fingerprint density at radius 2 is 1.86 bits per heavy atom. The minimum atomic E-state index is 0.123. The van der Waals surface area contributed by atoms with Crippen LogP contribution < -0.4 is 9.64 Å². The number of anilines is 1. The van der Waals surface area contributed by atoms with E-state index in [1.165, 1.54) is 0 Å². The fraction of sp³-hybridized carbons (Fsp3) is 0.316. The van der Waals surface area contributed by atoms with Crippen molar-refractivity contribution in [1.29, 1.82) is 0 Å². The number of aryl methyl sites for hydroxylation is 1. The zero-order valence-electron chi connectivity index (χ0n) is 13.5. The molecule has 3 heteroatoms. The number of hydrogen-bond acceptors (Lipinski definition) is 2. The van der Waals surface area contributed by atoms with Gasteiger partial charge in [0.1, 0.15) is 5.75 Å². The molecule has 2 aromatic rings. The second kappa shape index (κ2) is 7.64. The number of amides is 1. The summed E-state index contributed by atoms with van der Waals surface area (Å²) in [6.07, 6.45) is 1.33. The van der Waals surface area contributed by atoms with Gasteiger partial charge in [0.25, 0.3) is 0 Å². The number of methoxy groups -OCH3 is 1. The predicted octanol–water partition coefficient (Wildman–Crippen LogP) is 3.99. The molecule has 0 saturated heterocycles. The SMILES string of the molecule is CCCN(C(=O)Cc1ccc(OC)cc1)c1cccc(C)c1. The van der Waals surface area contributed by atoms with Crippen molar-refractivity contribution in [3.05, 3.63) is 59.7 Å². The molecule has 0 heterocycles. The van der Waals surface area contributed by atoms with Gasteiger partial charge in [0, 0.05) is 12.2 Å². The highest BCUT2D eigenvalue weighted by Gasteiger charge is 2.15. The summed E-state index contributed by atoms with van der Waals surface area (Å²) in [4.78, 5) is 14.5. The van der Waals surface area contributed by atoms with Crippen LogP contribution >= 0.6 is 0 Å². The van der Waals surface area contributed by atoms with Crippen LogP contribution in [0.4, 0.5) is 5.69 Å². The Hall–Kier alpha value is -2.29. The molecule has 0 fully saturated rings. The minimum absolute atomic E-state index is 0.123. The number of ether oxygens (including phenoxy) is 1. The Bertz CT molecular complexity index is 620. The maximum absolute atomic E-state index is 12.7. The molecule has 0 aromatic heterocycles. The van der Waals surface area contributed by atoms with Crippen LogP contribution in [-0.2, 0) is 11.2 Å². The van der Waals surface area contributed by atoms with Crippen LogP contribution in [0.25, 0.3) is 0 Å². The number of carbonyl (C=O) groups is 1. The quantitative estimate of drug-likeness (QED) is 0.807. The average Bonchev–Trinajstić information content (AvgIpc) is 2.53. The summed E-state index contributed by atoms with van der Waals surface area (Å²) in [6, 6.07) is 15.7. The second-order valence-corrected chi connectivity index (χ2v) is 5.41. The molecule has 116 valence electrons. The highest BCUT2D eigenvalue weighted by atomic mass is 16.5. The van der Waals surface area contributed by atoms with Crippen LogP contribution in [0.2, 0.25) is 0 Å². The summed E-state index contributed by atoms with van der Waals surface area (Å²) >= 11 is 0. The van der Waals surface area contributed by atoms with Crippen molar-refractivity contribution < 1.29 is 9.53 Å². The fourth-order valence-corrected chi connectivity index (χ4v) is 2.43. The molecule has 0 saturated carbocycles. The number of hydrogen-bond donors (Lipinski definition) is 0. The maximum atomic E-state index is 12.7. The molecule has 22 heavy (non-hydrogen) atoms. The van der Waals surface area contributed by atoms with Crippen molar-refractivity contribution in [1.82, 2.24) is 0 Å². The van der Waals surface area contributed by atoms with Crippen molar-refractivity contribution in [3.8, 4) is 5.75 Å².